The van der Waals surface area contributed by atoms with E-state index in [0.29, 0.717) is 37.9 Å². The van der Waals surface area contributed by atoms with Gasteiger partial charge in [0, 0.05) is 37.3 Å². The number of aryl methyl sites for hydroxylation is 1. The smallest absolute Gasteiger partial charge is 0.355 e. The minimum absolute atomic E-state index is 0.0688. The molecule has 0 N–H and O–H groups in total. The summed E-state index contributed by atoms with van der Waals surface area (Å²) in [4.78, 5) is 23.0. The molecule has 3 heterocycles. The van der Waals surface area contributed by atoms with Gasteiger partial charge >= 0.3 is 6.18 Å². The number of alkyl halides is 3. The zero-order chi connectivity index (χ0) is 20.6. The first kappa shape index (κ1) is 20.2. The summed E-state index contributed by atoms with van der Waals surface area (Å²) >= 11 is 1.62. The number of nitrogens with zero attached hydrogens (tertiary/aromatic N) is 3. The van der Waals surface area contributed by atoms with E-state index in [1.54, 1.807) is 11.3 Å². The molecular weight excluding hydrogens is 399 g/mol. The Bertz CT molecular complexity index is 878. The van der Waals surface area contributed by atoms with Gasteiger partial charge in [0.15, 0.2) is 0 Å². The molecule has 1 unspecified atom stereocenters. The highest BCUT2D eigenvalue weighted by Gasteiger charge is 2.31. The fourth-order valence-electron chi connectivity index (χ4n) is 4.06. The first-order valence-electron chi connectivity index (χ1n) is 10.0. The molecule has 2 aliphatic rings. The van der Waals surface area contributed by atoms with Crippen LogP contribution in [0.25, 0.3) is 0 Å². The third-order valence-corrected chi connectivity index (χ3v) is 6.95. The van der Waals surface area contributed by atoms with Crippen LogP contribution in [0.15, 0.2) is 24.4 Å². The molecule has 2 aromatic rings. The van der Waals surface area contributed by atoms with E-state index in [-0.39, 0.29) is 5.91 Å². The molecule has 0 aromatic carbocycles. The number of rotatable bonds is 2. The molecule has 156 valence electrons. The topological polar surface area (TPSA) is 36.4 Å². The Kier molecular flexibility index (Phi) is 5.55. The number of carbonyl (C=O) groups excluding carboxylic acids is 1. The molecule has 8 heteroatoms. The second kappa shape index (κ2) is 7.97. The van der Waals surface area contributed by atoms with Crippen molar-refractivity contribution in [2.24, 2.45) is 5.92 Å². The van der Waals surface area contributed by atoms with Gasteiger partial charge in [-0.2, -0.15) is 13.2 Å². The maximum Gasteiger partial charge on any atom is 0.417 e. The number of halogens is 3. The second-order valence-corrected chi connectivity index (χ2v) is 9.08. The summed E-state index contributed by atoms with van der Waals surface area (Å²) in [5, 5.41) is 0. The molecule has 4 rings (SSSR count). The largest absolute Gasteiger partial charge is 0.417 e. The van der Waals surface area contributed by atoms with Crippen molar-refractivity contribution in [1.82, 2.24) is 9.88 Å². The average Bonchev–Trinajstić information content (AvgIpc) is 2.95. The highest BCUT2D eigenvalue weighted by molar-refractivity contribution is 7.14. The number of anilines is 1. The van der Waals surface area contributed by atoms with Crippen LogP contribution in [0.4, 0.5) is 19.0 Å². The first-order chi connectivity index (χ1) is 13.8. The number of hydrogen-bond acceptors (Lipinski definition) is 4. The van der Waals surface area contributed by atoms with E-state index in [1.807, 2.05) is 9.80 Å². The summed E-state index contributed by atoms with van der Waals surface area (Å²) in [6.07, 6.45) is 0.538. The number of hydrogen-bond donors (Lipinski definition) is 0. The number of amides is 1. The lowest BCUT2D eigenvalue weighted by molar-refractivity contribution is -0.137. The molecule has 29 heavy (non-hydrogen) atoms. The maximum atomic E-state index is 13.0. The van der Waals surface area contributed by atoms with Gasteiger partial charge in [-0.25, -0.2) is 4.98 Å². The van der Waals surface area contributed by atoms with Gasteiger partial charge in [0.25, 0.3) is 5.91 Å². The van der Waals surface area contributed by atoms with E-state index in [1.165, 1.54) is 22.9 Å². The van der Waals surface area contributed by atoms with E-state index in [2.05, 4.69) is 18.0 Å². The van der Waals surface area contributed by atoms with E-state index in [4.69, 9.17) is 0 Å². The van der Waals surface area contributed by atoms with Crippen molar-refractivity contribution in [2.75, 3.05) is 31.1 Å². The number of thiophene rings is 1. The Morgan fingerprint density at radius 2 is 2.03 bits per heavy atom. The van der Waals surface area contributed by atoms with Gasteiger partial charge < -0.3 is 9.80 Å². The van der Waals surface area contributed by atoms with E-state index < -0.39 is 11.7 Å². The molecule has 0 spiro atoms. The highest BCUT2D eigenvalue weighted by atomic mass is 32.1. The van der Waals surface area contributed by atoms with Crippen LogP contribution in [0.1, 0.15) is 45.4 Å². The summed E-state index contributed by atoms with van der Waals surface area (Å²) in [6, 6.07) is 4.54. The first-order valence-corrected chi connectivity index (χ1v) is 10.8. The van der Waals surface area contributed by atoms with Crippen molar-refractivity contribution in [3.63, 3.8) is 0 Å². The van der Waals surface area contributed by atoms with Crippen LogP contribution in [0.3, 0.4) is 0 Å². The van der Waals surface area contributed by atoms with Gasteiger partial charge in [-0.3, -0.25) is 4.79 Å². The minimum Gasteiger partial charge on any atom is -0.355 e. The summed E-state index contributed by atoms with van der Waals surface area (Å²) in [7, 11) is 0. The normalized spacial score (nSPS) is 20.3. The number of aromatic nitrogens is 1. The SMILES string of the molecule is CC1CCc2sc(C(=O)N3CCCN(c4ccc(C(F)(F)F)cn4)CC3)cc2C1. The van der Waals surface area contributed by atoms with Gasteiger partial charge in [0.05, 0.1) is 10.4 Å². The minimum atomic E-state index is -4.38. The van der Waals surface area contributed by atoms with Gasteiger partial charge in [0.2, 0.25) is 0 Å². The fourth-order valence-corrected chi connectivity index (χ4v) is 5.23. The van der Waals surface area contributed by atoms with Crippen LogP contribution < -0.4 is 4.90 Å². The monoisotopic (exact) mass is 423 g/mol. The fraction of sp³-hybridized carbons (Fsp3) is 0.524. The Labute approximate surface area is 172 Å². The van der Waals surface area contributed by atoms with Crippen molar-refractivity contribution in [1.29, 1.82) is 0 Å². The van der Waals surface area contributed by atoms with Crippen molar-refractivity contribution < 1.29 is 18.0 Å². The Balaban J connectivity index is 1.42. The van der Waals surface area contributed by atoms with E-state index >= 15 is 0 Å². The molecule has 1 aliphatic heterocycles. The lowest BCUT2D eigenvalue weighted by Gasteiger charge is -2.23. The molecule has 1 amide bonds. The number of pyridine rings is 1. The summed E-state index contributed by atoms with van der Waals surface area (Å²) in [5.74, 6) is 1.26. The zero-order valence-electron chi connectivity index (χ0n) is 16.3. The van der Waals surface area contributed by atoms with Crippen LogP contribution in [0.5, 0.6) is 0 Å². The Morgan fingerprint density at radius 1 is 1.21 bits per heavy atom. The molecule has 4 nitrogen and oxygen atoms in total. The van der Waals surface area contributed by atoms with Gasteiger partial charge in [-0.05, 0) is 55.4 Å². The van der Waals surface area contributed by atoms with Crippen LogP contribution in [0.2, 0.25) is 0 Å². The zero-order valence-corrected chi connectivity index (χ0v) is 17.2. The summed E-state index contributed by atoms with van der Waals surface area (Å²) in [5.41, 5.74) is 0.575. The molecule has 1 saturated heterocycles. The van der Waals surface area contributed by atoms with Crippen molar-refractivity contribution >= 4 is 23.1 Å². The van der Waals surface area contributed by atoms with Crippen molar-refractivity contribution in [2.45, 2.75) is 38.8 Å². The third kappa shape index (κ3) is 4.42. The van der Waals surface area contributed by atoms with Crippen LogP contribution in [-0.4, -0.2) is 42.0 Å². The third-order valence-electron chi connectivity index (χ3n) is 5.72. The molecule has 2 aromatic heterocycles. The van der Waals surface area contributed by atoms with Gasteiger partial charge in [-0.1, -0.05) is 6.92 Å². The lowest BCUT2D eigenvalue weighted by atomic mass is 9.90. The number of fused-ring (bicyclic) bond motifs is 1. The maximum absolute atomic E-state index is 13.0. The van der Waals surface area contributed by atoms with E-state index in [9.17, 15) is 18.0 Å². The molecule has 0 bridgehead atoms. The van der Waals surface area contributed by atoms with Crippen LogP contribution in [0, 0.1) is 5.92 Å². The lowest BCUT2D eigenvalue weighted by Crippen LogP contribution is -2.35. The molecule has 1 fully saturated rings. The highest BCUT2D eigenvalue weighted by Crippen LogP contribution is 2.33. The standard InChI is InChI=1S/C21H24F3N3OS/c1-14-3-5-17-15(11-14)12-18(29-17)20(28)27-8-2-7-26(9-10-27)19-6-4-16(13-25-19)21(22,23)24/h4,6,12-14H,2-3,5,7-11H2,1H3. The van der Waals surface area contributed by atoms with E-state index in [0.717, 1.165) is 36.4 Å². The summed E-state index contributed by atoms with van der Waals surface area (Å²) < 4.78 is 38.2. The summed E-state index contributed by atoms with van der Waals surface area (Å²) in [6.45, 7) is 4.67. The van der Waals surface area contributed by atoms with Crippen LogP contribution in [-0.2, 0) is 19.0 Å². The number of carbonyl (C=O) groups is 1. The Morgan fingerprint density at radius 3 is 2.76 bits per heavy atom. The van der Waals surface area contributed by atoms with Gasteiger partial charge in [0.1, 0.15) is 5.82 Å². The van der Waals surface area contributed by atoms with Crippen molar-refractivity contribution in [3.05, 3.63) is 45.3 Å². The second-order valence-electron chi connectivity index (χ2n) is 7.94. The van der Waals surface area contributed by atoms with Crippen LogP contribution >= 0.6 is 11.3 Å². The molecule has 1 aliphatic carbocycles. The average molecular weight is 424 g/mol. The molecule has 1 atom stereocenters. The molecule has 0 radical (unpaired) electrons. The van der Waals surface area contributed by atoms with Gasteiger partial charge in [-0.15, -0.1) is 11.3 Å². The molecular formula is C21H24F3N3OS. The predicted octanol–water partition coefficient (Wildman–Crippen LogP) is 4.64. The van der Waals surface area contributed by atoms with Crippen molar-refractivity contribution in [3.8, 4) is 0 Å². The molecule has 0 saturated carbocycles. The Hall–Kier alpha value is -2.09. The quantitative estimate of drug-likeness (QED) is 0.706. The predicted molar refractivity (Wildman–Crippen MR) is 107 cm³/mol.